The van der Waals surface area contributed by atoms with E-state index in [0.29, 0.717) is 6.42 Å². The first-order valence-electron chi connectivity index (χ1n) is 9.91. The maximum atomic E-state index is 15.1. The summed E-state index contributed by atoms with van der Waals surface area (Å²) in [5.74, 6) is -3.92. The van der Waals surface area contributed by atoms with Gasteiger partial charge in [0.2, 0.25) is 0 Å². The number of hydrogen-bond donors (Lipinski definition) is 4. The van der Waals surface area contributed by atoms with Crippen molar-refractivity contribution < 1.29 is 23.8 Å². The highest BCUT2D eigenvalue weighted by Crippen LogP contribution is 2.55. The second-order valence-electron chi connectivity index (χ2n) is 8.58. The Bertz CT molecular complexity index is 1030. The Balaban J connectivity index is 1.93. The minimum Gasteiger partial charge on any atom is -0.480 e. The van der Waals surface area contributed by atoms with Crippen LogP contribution in [0.25, 0.3) is 0 Å². The number of carboxylic acids is 1. The molecule has 0 bridgehead atoms. The van der Waals surface area contributed by atoms with Crippen molar-refractivity contribution in [3.8, 4) is 0 Å². The Kier molecular flexibility index (Phi) is 5.77. The van der Waals surface area contributed by atoms with Crippen molar-refractivity contribution >= 4 is 29.2 Å². The SMILES string of the molecule is N[C@]1(c2ccc(Cl)cc2F)[C@H](CC2(CO)CC2)N[C@@H](C(=O)O)[C@@H]1c1cccc(Cl)c1F. The molecule has 0 aromatic heterocycles. The summed E-state index contributed by atoms with van der Waals surface area (Å²) in [6.07, 6.45) is 1.80. The van der Waals surface area contributed by atoms with E-state index < -0.39 is 46.6 Å². The van der Waals surface area contributed by atoms with Gasteiger partial charge in [0.25, 0.3) is 0 Å². The van der Waals surface area contributed by atoms with Crippen molar-refractivity contribution in [2.75, 3.05) is 6.61 Å². The Morgan fingerprint density at radius 3 is 2.52 bits per heavy atom. The minimum absolute atomic E-state index is 0.0133. The van der Waals surface area contributed by atoms with Gasteiger partial charge in [-0.05, 0) is 48.4 Å². The second-order valence-corrected chi connectivity index (χ2v) is 9.42. The standard InChI is InChI=1S/C22H22Cl2F2N2O3/c23-11-4-5-13(15(25)8-11)22(27)16(9-21(10-29)6-7-21)28-19(20(30)31)17(22)12-2-1-3-14(24)18(12)26/h1-5,8,16-17,19,28-29H,6-7,9-10,27H2,(H,30,31)/t16-,17-,19+,22+/m0/s1. The Morgan fingerprint density at radius 1 is 1.23 bits per heavy atom. The van der Waals surface area contributed by atoms with Gasteiger partial charge in [-0.2, -0.15) is 0 Å². The lowest BCUT2D eigenvalue weighted by atomic mass is 9.69. The molecule has 1 aliphatic carbocycles. The van der Waals surface area contributed by atoms with Gasteiger partial charge < -0.3 is 15.9 Å². The van der Waals surface area contributed by atoms with E-state index in [2.05, 4.69) is 5.32 Å². The van der Waals surface area contributed by atoms with Crippen molar-refractivity contribution in [2.45, 2.75) is 42.8 Å². The fourth-order valence-corrected chi connectivity index (χ4v) is 5.16. The zero-order valence-electron chi connectivity index (χ0n) is 16.4. The molecule has 9 heteroatoms. The van der Waals surface area contributed by atoms with Gasteiger partial charge in [-0.3, -0.25) is 10.1 Å². The van der Waals surface area contributed by atoms with E-state index in [4.69, 9.17) is 28.9 Å². The topological polar surface area (TPSA) is 95.6 Å². The Hall–Kier alpha value is -1.77. The van der Waals surface area contributed by atoms with Crippen molar-refractivity contribution in [3.05, 3.63) is 69.2 Å². The van der Waals surface area contributed by atoms with E-state index in [-0.39, 0.29) is 27.8 Å². The van der Waals surface area contributed by atoms with Crippen molar-refractivity contribution in [3.63, 3.8) is 0 Å². The number of rotatable bonds is 6. The molecule has 2 aromatic carbocycles. The monoisotopic (exact) mass is 470 g/mol. The van der Waals surface area contributed by atoms with Gasteiger partial charge in [0, 0.05) is 29.2 Å². The van der Waals surface area contributed by atoms with E-state index in [9.17, 15) is 15.0 Å². The molecule has 166 valence electrons. The van der Waals surface area contributed by atoms with Crippen molar-refractivity contribution in [2.24, 2.45) is 11.1 Å². The number of hydrogen-bond acceptors (Lipinski definition) is 4. The van der Waals surface area contributed by atoms with Gasteiger partial charge in [-0.25, -0.2) is 8.78 Å². The third-order valence-corrected chi connectivity index (χ3v) is 7.24. The molecule has 1 saturated heterocycles. The van der Waals surface area contributed by atoms with Gasteiger partial charge in [-0.1, -0.05) is 41.4 Å². The number of aliphatic hydroxyl groups is 1. The molecule has 0 spiro atoms. The van der Waals surface area contributed by atoms with E-state index in [1.807, 2.05) is 0 Å². The molecule has 2 aromatic rings. The van der Waals surface area contributed by atoms with Crippen LogP contribution < -0.4 is 11.1 Å². The van der Waals surface area contributed by atoms with E-state index in [1.54, 1.807) is 0 Å². The van der Waals surface area contributed by atoms with Crippen LogP contribution in [0.2, 0.25) is 10.0 Å². The lowest BCUT2D eigenvalue weighted by Crippen LogP contribution is -2.52. The van der Waals surface area contributed by atoms with Crippen molar-refractivity contribution in [1.82, 2.24) is 5.32 Å². The highest BCUT2D eigenvalue weighted by atomic mass is 35.5. The van der Waals surface area contributed by atoms with E-state index >= 15 is 8.78 Å². The molecule has 2 fully saturated rings. The minimum atomic E-state index is -1.64. The molecule has 5 N–H and O–H groups in total. The number of carboxylic acid groups (broad SMARTS) is 1. The third kappa shape index (κ3) is 3.72. The fraction of sp³-hybridized carbons (Fsp3) is 0.409. The maximum Gasteiger partial charge on any atom is 0.321 e. The first kappa shape index (κ1) is 22.4. The summed E-state index contributed by atoms with van der Waals surface area (Å²) in [6.45, 7) is -0.0989. The predicted octanol–water partition coefficient (Wildman–Crippen LogP) is 3.80. The van der Waals surface area contributed by atoms with E-state index in [1.165, 1.54) is 30.3 Å². The smallest absolute Gasteiger partial charge is 0.321 e. The molecule has 1 saturated carbocycles. The molecule has 4 atom stereocenters. The van der Waals surface area contributed by atoms with Crippen LogP contribution in [0.5, 0.6) is 0 Å². The molecule has 0 radical (unpaired) electrons. The van der Waals surface area contributed by atoms with Crippen LogP contribution in [0.4, 0.5) is 8.78 Å². The number of halogens is 4. The number of aliphatic hydroxyl groups excluding tert-OH is 1. The lowest BCUT2D eigenvalue weighted by molar-refractivity contribution is -0.139. The highest BCUT2D eigenvalue weighted by Gasteiger charge is 2.60. The van der Waals surface area contributed by atoms with Gasteiger partial charge in [0.05, 0.1) is 10.6 Å². The molecule has 5 nitrogen and oxygen atoms in total. The number of carbonyl (C=O) groups is 1. The molecule has 0 amide bonds. The predicted molar refractivity (Wildman–Crippen MR) is 113 cm³/mol. The normalized spacial score (nSPS) is 29.2. The first-order valence-corrected chi connectivity index (χ1v) is 10.7. The lowest BCUT2D eigenvalue weighted by Gasteiger charge is -2.38. The molecule has 0 unspecified atom stereocenters. The average molecular weight is 471 g/mol. The fourth-order valence-electron chi connectivity index (χ4n) is 4.82. The van der Waals surface area contributed by atoms with Crippen molar-refractivity contribution in [1.29, 1.82) is 0 Å². The summed E-state index contributed by atoms with van der Waals surface area (Å²) in [5.41, 5.74) is 4.83. The summed E-state index contributed by atoms with van der Waals surface area (Å²) < 4.78 is 30.2. The summed E-state index contributed by atoms with van der Waals surface area (Å²) in [4.78, 5) is 12.2. The zero-order chi connectivity index (χ0) is 22.6. The number of benzene rings is 2. The van der Waals surface area contributed by atoms with Crippen LogP contribution in [0.1, 0.15) is 36.3 Å². The zero-order valence-corrected chi connectivity index (χ0v) is 17.9. The second kappa shape index (κ2) is 7.98. The van der Waals surface area contributed by atoms with Crippen LogP contribution in [0, 0.1) is 17.0 Å². The molecule has 1 aliphatic heterocycles. The number of nitrogens with one attached hydrogen (secondary N) is 1. The van der Waals surface area contributed by atoms with Gasteiger partial charge >= 0.3 is 5.97 Å². The maximum absolute atomic E-state index is 15.1. The molecule has 31 heavy (non-hydrogen) atoms. The number of nitrogens with two attached hydrogens (primary N) is 1. The molecular formula is C22H22Cl2F2N2O3. The Morgan fingerprint density at radius 2 is 1.94 bits per heavy atom. The number of aliphatic carboxylic acids is 1. The molecular weight excluding hydrogens is 449 g/mol. The quantitative estimate of drug-likeness (QED) is 0.514. The van der Waals surface area contributed by atoms with Crippen LogP contribution >= 0.6 is 23.2 Å². The van der Waals surface area contributed by atoms with Gasteiger partial charge in [0.15, 0.2) is 0 Å². The molecule has 4 rings (SSSR count). The van der Waals surface area contributed by atoms with Crippen LogP contribution in [-0.4, -0.2) is 34.9 Å². The van der Waals surface area contributed by atoms with Gasteiger partial charge in [0.1, 0.15) is 17.7 Å². The summed E-state index contributed by atoms with van der Waals surface area (Å²) >= 11 is 11.9. The average Bonchev–Trinajstić information content (AvgIpc) is 3.43. The molecule has 1 heterocycles. The first-order chi connectivity index (χ1) is 14.6. The Labute approximate surface area is 188 Å². The van der Waals surface area contributed by atoms with Gasteiger partial charge in [-0.15, -0.1) is 0 Å². The van der Waals surface area contributed by atoms with E-state index in [0.717, 1.165) is 18.9 Å². The summed E-state index contributed by atoms with van der Waals surface area (Å²) in [5, 5.41) is 22.8. The van der Waals surface area contributed by atoms with Crippen LogP contribution in [0.3, 0.4) is 0 Å². The summed E-state index contributed by atoms with van der Waals surface area (Å²) in [6, 6.07) is 6.19. The van der Waals surface area contributed by atoms with Crippen LogP contribution in [0.15, 0.2) is 36.4 Å². The summed E-state index contributed by atoms with van der Waals surface area (Å²) in [7, 11) is 0. The molecule has 2 aliphatic rings. The highest BCUT2D eigenvalue weighted by molar-refractivity contribution is 6.31. The third-order valence-electron chi connectivity index (χ3n) is 6.72. The largest absolute Gasteiger partial charge is 0.480 e. The van der Waals surface area contributed by atoms with Crippen LogP contribution in [-0.2, 0) is 10.3 Å².